The number of anilines is 2. The Hall–Kier alpha value is -2.61. The van der Waals surface area contributed by atoms with Crippen LogP contribution in [0.1, 0.15) is 5.56 Å². The molecule has 0 radical (unpaired) electrons. The Morgan fingerprint density at radius 1 is 1.14 bits per heavy atom. The Balaban J connectivity index is 2.38. The maximum atomic E-state index is 12.2. The number of nitro groups is 1. The molecule has 0 atom stereocenters. The van der Waals surface area contributed by atoms with Gasteiger partial charge in [-0.1, -0.05) is 6.07 Å². The van der Waals surface area contributed by atoms with Crippen LogP contribution in [0.15, 0.2) is 47.4 Å². The van der Waals surface area contributed by atoms with Crippen LogP contribution in [0.5, 0.6) is 0 Å². The summed E-state index contributed by atoms with van der Waals surface area (Å²) >= 11 is 0. The number of rotatable bonds is 4. The molecule has 0 unspecified atom stereocenters. The monoisotopic (exact) mass is 307 g/mol. The van der Waals surface area contributed by atoms with Crippen LogP contribution in [0.25, 0.3) is 0 Å². The molecule has 7 nitrogen and oxygen atoms in total. The van der Waals surface area contributed by atoms with Crippen molar-refractivity contribution in [2.24, 2.45) is 0 Å². The summed E-state index contributed by atoms with van der Waals surface area (Å²) in [6.07, 6.45) is 0. The summed E-state index contributed by atoms with van der Waals surface area (Å²) in [7, 11) is -3.89. The van der Waals surface area contributed by atoms with Crippen molar-refractivity contribution in [1.29, 1.82) is 0 Å². The summed E-state index contributed by atoms with van der Waals surface area (Å²) in [4.78, 5) is 10.1. The fourth-order valence-electron chi connectivity index (χ4n) is 1.72. The number of nitrogen functional groups attached to an aromatic ring is 1. The molecule has 3 N–H and O–H groups in total. The van der Waals surface area contributed by atoms with Crippen molar-refractivity contribution in [3.8, 4) is 0 Å². The molecule has 0 amide bonds. The lowest BCUT2D eigenvalue weighted by molar-refractivity contribution is -0.385. The number of nitrogens with zero attached hydrogens (tertiary/aromatic N) is 1. The van der Waals surface area contributed by atoms with E-state index in [0.717, 1.165) is 6.07 Å². The van der Waals surface area contributed by atoms with E-state index < -0.39 is 14.9 Å². The first-order chi connectivity index (χ1) is 9.79. The van der Waals surface area contributed by atoms with Crippen molar-refractivity contribution in [3.05, 3.63) is 58.1 Å². The third kappa shape index (κ3) is 3.29. The first-order valence-electron chi connectivity index (χ1n) is 5.93. The van der Waals surface area contributed by atoms with Crippen LogP contribution in [-0.2, 0) is 10.0 Å². The third-order valence-electron chi connectivity index (χ3n) is 2.85. The molecular weight excluding hydrogens is 294 g/mol. The molecule has 0 fully saturated rings. The van der Waals surface area contributed by atoms with Gasteiger partial charge in [-0.2, -0.15) is 0 Å². The predicted molar refractivity (Wildman–Crippen MR) is 79.5 cm³/mol. The van der Waals surface area contributed by atoms with Crippen LogP contribution in [0.4, 0.5) is 17.1 Å². The maximum Gasteiger partial charge on any atom is 0.273 e. The zero-order valence-corrected chi connectivity index (χ0v) is 11.9. The number of sulfonamides is 1. The van der Waals surface area contributed by atoms with Crippen LogP contribution < -0.4 is 10.5 Å². The lowest BCUT2D eigenvalue weighted by atomic mass is 10.2. The molecule has 0 saturated carbocycles. The van der Waals surface area contributed by atoms with Gasteiger partial charge in [-0.15, -0.1) is 0 Å². The number of benzene rings is 2. The highest BCUT2D eigenvalue weighted by atomic mass is 32.2. The standard InChI is InChI=1S/C13H13N3O4S/c1-9-2-7-12(8-13(9)16(17)18)21(19,20)15-11-5-3-10(14)4-6-11/h2-8,15H,14H2,1H3. The quantitative estimate of drug-likeness (QED) is 0.511. The predicted octanol–water partition coefficient (Wildman–Crippen LogP) is 2.29. The first-order valence-corrected chi connectivity index (χ1v) is 7.41. The van der Waals surface area contributed by atoms with Crippen molar-refractivity contribution in [3.63, 3.8) is 0 Å². The lowest BCUT2D eigenvalue weighted by Gasteiger charge is -2.08. The van der Waals surface area contributed by atoms with E-state index in [2.05, 4.69) is 4.72 Å². The number of aryl methyl sites for hydroxylation is 1. The highest BCUT2D eigenvalue weighted by Crippen LogP contribution is 2.24. The molecule has 0 aromatic heterocycles. The summed E-state index contributed by atoms with van der Waals surface area (Å²) in [6.45, 7) is 1.54. The molecule has 2 aromatic carbocycles. The van der Waals surface area contributed by atoms with Gasteiger partial charge >= 0.3 is 0 Å². The topological polar surface area (TPSA) is 115 Å². The van der Waals surface area contributed by atoms with Crippen LogP contribution in [0, 0.1) is 17.0 Å². The van der Waals surface area contributed by atoms with Gasteiger partial charge < -0.3 is 5.73 Å². The summed E-state index contributed by atoms with van der Waals surface area (Å²) < 4.78 is 26.8. The average molecular weight is 307 g/mol. The van der Waals surface area contributed by atoms with Gasteiger partial charge in [0.1, 0.15) is 0 Å². The van der Waals surface area contributed by atoms with E-state index in [1.54, 1.807) is 19.1 Å². The first kappa shape index (κ1) is 14.8. The summed E-state index contributed by atoms with van der Waals surface area (Å²) in [5, 5.41) is 10.9. The van der Waals surface area contributed by atoms with Crippen LogP contribution in [-0.4, -0.2) is 13.3 Å². The zero-order chi connectivity index (χ0) is 15.6. The van der Waals surface area contributed by atoms with Crippen molar-refractivity contribution >= 4 is 27.1 Å². The zero-order valence-electron chi connectivity index (χ0n) is 11.1. The normalized spacial score (nSPS) is 11.1. The Morgan fingerprint density at radius 3 is 2.33 bits per heavy atom. The largest absolute Gasteiger partial charge is 0.399 e. The van der Waals surface area contributed by atoms with Crippen LogP contribution in [0.3, 0.4) is 0 Å². The Bertz CT molecular complexity index is 786. The number of nitrogens with one attached hydrogen (secondary N) is 1. The molecule has 0 aliphatic rings. The van der Waals surface area contributed by atoms with Gasteiger partial charge in [-0.3, -0.25) is 14.8 Å². The molecule has 0 heterocycles. The summed E-state index contributed by atoms with van der Waals surface area (Å²) in [5.41, 5.74) is 6.50. The summed E-state index contributed by atoms with van der Waals surface area (Å²) in [6, 6.07) is 9.88. The van der Waals surface area contributed by atoms with E-state index >= 15 is 0 Å². The molecule has 2 rings (SSSR count). The third-order valence-corrected chi connectivity index (χ3v) is 4.23. The van der Waals surface area contributed by atoms with Crippen LogP contribution in [0.2, 0.25) is 0 Å². The van der Waals surface area contributed by atoms with Gasteiger partial charge in [0.25, 0.3) is 15.7 Å². The highest BCUT2D eigenvalue weighted by molar-refractivity contribution is 7.92. The van der Waals surface area contributed by atoms with Gasteiger partial charge in [-0.05, 0) is 37.3 Å². The van der Waals surface area contributed by atoms with E-state index in [4.69, 9.17) is 5.73 Å². The molecule has 2 aromatic rings. The minimum atomic E-state index is -3.89. The van der Waals surface area contributed by atoms with E-state index in [1.165, 1.54) is 24.3 Å². The number of hydrogen-bond donors (Lipinski definition) is 2. The smallest absolute Gasteiger partial charge is 0.273 e. The number of nitrogens with two attached hydrogens (primary N) is 1. The summed E-state index contributed by atoms with van der Waals surface area (Å²) in [5.74, 6) is 0. The molecule has 0 saturated heterocycles. The van der Waals surface area contributed by atoms with Gasteiger partial charge in [0, 0.05) is 23.0 Å². The lowest BCUT2D eigenvalue weighted by Crippen LogP contribution is -2.13. The Labute approximate surface area is 121 Å². The van der Waals surface area contributed by atoms with Gasteiger partial charge in [0.15, 0.2) is 0 Å². The molecule has 0 bridgehead atoms. The van der Waals surface area contributed by atoms with Gasteiger partial charge in [-0.25, -0.2) is 8.42 Å². The molecular formula is C13H13N3O4S. The van der Waals surface area contributed by atoms with Crippen molar-refractivity contribution in [2.75, 3.05) is 10.5 Å². The van der Waals surface area contributed by atoms with Gasteiger partial charge in [0.2, 0.25) is 0 Å². The number of hydrogen-bond acceptors (Lipinski definition) is 5. The molecule has 0 spiro atoms. The van der Waals surface area contributed by atoms with Crippen molar-refractivity contribution in [1.82, 2.24) is 0 Å². The van der Waals surface area contributed by atoms with E-state index in [0.29, 0.717) is 16.9 Å². The average Bonchev–Trinajstić information content (AvgIpc) is 2.41. The second-order valence-electron chi connectivity index (χ2n) is 4.43. The highest BCUT2D eigenvalue weighted by Gasteiger charge is 2.19. The Kier molecular flexibility index (Phi) is 3.81. The number of nitro benzene ring substituents is 1. The second-order valence-corrected chi connectivity index (χ2v) is 6.12. The molecule has 110 valence electrons. The Morgan fingerprint density at radius 2 is 1.76 bits per heavy atom. The van der Waals surface area contributed by atoms with Crippen LogP contribution >= 0.6 is 0 Å². The molecule has 8 heteroatoms. The molecule has 0 aliphatic heterocycles. The van der Waals surface area contributed by atoms with Crippen molar-refractivity contribution in [2.45, 2.75) is 11.8 Å². The SMILES string of the molecule is Cc1ccc(S(=O)(=O)Nc2ccc(N)cc2)cc1[N+](=O)[O-]. The fourth-order valence-corrected chi connectivity index (χ4v) is 2.80. The molecule has 21 heavy (non-hydrogen) atoms. The molecule has 0 aliphatic carbocycles. The van der Waals surface area contributed by atoms with Gasteiger partial charge in [0.05, 0.1) is 9.82 Å². The van der Waals surface area contributed by atoms with E-state index in [-0.39, 0.29) is 10.6 Å². The maximum absolute atomic E-state index is 12.2. The van der Waals surface area contributed by atoms with E-state index in [9.17, 15) is 18.5 Å². The second kappa shape index (κ2) is 5.41. The van der Waals surface area contributed by atoms with E-state index in [1.807, 2.05) is 0 Å². The fraction of sp³-hybridized carbons (Fsp3) is 0.0769. The van der Waals surface area contributed by atoms with Crippen molar-refractivity contribution < 1.29 is 13.3 Å². The minimum Gasteiger partial charge on any atom is -0.399 e. The minimum absolute atomic E-state index is 0.170.